The highest BCUT2D eigenvalue weighted by Crippen LogP contribution is 2.18. The molecule has 6 heteroatoms. The first-order valence-corrected chi connectivity index (χ1v) is 6.14. The van der Waals surface area contributed by atoms with E-state index in [4.69, 9.17) is 10.5 Å². The van der Waals surface area contributed by atoms with E-state index in [1.807, 2.05) is 0 Å². The smallest absolute Gasteiger partial charge is 0.169 e. The van der Waals surface area contributed by atoms with Crippen LogP contribution >= 0.6 is 15.9 Å². The number of nitrogens with zero attached hydrogens (tertiary/aromatic N) is 2. The molecular formula is C10H15BrN4O. The van der Waals surface area contributed by atoms with Gasteiger partial charge in [-0.05, 0) is 34.7 Å². The fourth-order valence-corrected chi connectivity index (χ4v) is 2.00. The Labute approximate surface area is 103 Å². The molecule has 88 valence electrons. The predicted octanol–water partition coefficient (Wildman–Crippen LogP) is 1.66. The van der Waals surface area contributed by atoms with Gasteiger partial charge in [-0.25, -0.2) is 9.97 Å². The number of rotatable bonds is 3. The zero-order valence-electron chi connectivity index (χ0n) is 8.95. The zero-order valence-corrected chi connectivity index (χ0v) is 10.5. The first kappa shape index (κ1) is 11.6. The standard InChI is InChI=1S/C10H15BrN4O/c11-8-6-14-10(9(12)15-8)13-5-7-1-3-16-4-2-7/h6-7H,1-5H2,(H2,12,15)(H,13,14). The van der Waals surface area contributed by atoms with Gasteiger partial charge in [-0.1, -0.05) is 0 Å². The van der Waals surface area contributed by atoms with Crippen LogP contribution in [0.25, 0.3) is 0 Å². The van der Waals surface area contributed by atoms with Gasteiger partial charge >= 0.3 is 0 Å². The van der Waals surface area contributed by atoms with Crippen molar-refractivity contribution in [3.63, 3.8) is 0 Å². The van der Waals surface area contributed by atoms with E-state index in [2.05, 4.69) is 31.2 Å². The van der Waals surface area contributed by atoms with Gasteiger partial charge in [0.05, 0.1) is 6.20 Å². The number of nitrogens with one attached hydrogen (secondary N) is 1. The molecule has 0 amide bonds. The Kier molecular flexibility index (Phi) is 3.95. The molecule has 2 heterocycles. The van der Waals surface area contributed by atoms with Gasteiger partial charge in [-0.2, -0.15) is 0 Å². The molecule has 1 aliphatic heterocycles. The van der Waals surface area contributed by atoms with E-state index in [9.17, 15) is 0 Å². The summed E-state index contributed by atoms with van der Waals surface area (Å²) >= 11 is 3.23. The van der Waals surface area contributed by atoms with E-state index >= 15 is 0 Å². The molecule has 0 unspecified atom stereocenters. The van der Waals surface area contributed by atoms with E-state index in [1.165, 1.54) is 0 Å². The molecule has 1 saturated heterocycles. The number of aromatic nitrogens is 2. The molecule has 0 atom stereocenters. The number of nitrogen functional groups attached to an aromatic ring is 1. The SMILES string of the molecule is Nc1nc(Br)cnc1NCC1CCOCC1. The van der Waals surface area contributed by atoms with Crippen molar-refractivity contribution < 1.29 is 4.74 Å². The third-order valence-corrected chi connectivity index (χ3v) is 3.05. The van der Waals surface area contributed by atoms with Gasteiger partial charge in [0.2, 0.25) is 0 Å². The van der Waals surface area contributed by atoms with Crippen molar-refractivity contribution in [1.29, 1.82) is 0 Å². The Morgan fingerprint density at radius 3 is 2.94 bits per heavy atom. The molecule has 5 nitrogen and oxygen atoms in total. The lowest BCUT2D eigenvalue weighted by molar-refractivity contribution is 0.0699. The average Bonchev–Trinajstić information content (AvgIpc) is 2.29. The van der Waals surface area contributed by atoms with Gasteiger partial charge in [0.25, 0.3) is 0 Å². The van der Waals surface area contributed by atoms with Crippen molar-refractivity contribution in [2.45, 2.75) is 12.8 Å². The molecule has 1 aromatic rings. The Morgan fingerprint density at radius 2 is 2.25 bits per heavy atom. The maximum absolute atomic E-state index is 5.75. The first-order chi connectivity index (χ1) is 7.75. The molecular weight excluding hydrogens is 272 g/mol. The number of nitrogens with two attached hydrogens (primary N) is 1. The first-order valence-electron chi connectivity index (χ1n) is 5.35. The summed E-state index contributed by atoms with van der Waals surface area (Å²) in [6.45, 7) is 2.59. The summed E-state index contributed by atoms with van der Waals surface area (Å²) in [5.74, 6) is 1.73. The third-order valence-electron chi connectivity index (χ3n) is 2.67. The maximum Gasteiger partial charge on any atom is 0.169 e. The van der Waals surface area contributed by atoms with Crippen LogP contribution in [0.4, 0.5) is 11.6 Å². The fraction of sp³-hybridized carbons (Fsp3) is 0.600. The second-order valence-corrected chi connectivity index (χ2v) is 4.68. The van der Waals surface area contributed by atoms with E-state index in [1.54, 1.807) is 6.20 Å². The number of anilines is 2. The summed E-state index contributed by atoms with van der Waals surface area (Å²) in [6, 6.07) is 0. The van der Waals surface area contributed by atoms with Crippen molar-refractivity contribution in [1.82, 2.24) is 9.97 Å². The van der Waals surface area contributed by atoms with E-state index in [0.717, 1.165) is 32.6 Å². The van der Waals surface area contributed by atoms with Crippen molar-refractivity contribution in [3.05, 3.63) is 10.8 Å². The molecule has 0 bridgehead atoms. The van der Waals surface area contributed by atoms with Gasteiger partial charge in [0.15, 0.2) is 11.6 Å². The molecule has 1 aromatic heterocycles. The molecule has 16 heavy (non-hydrogen) atoms. The number of ether oxygens (including phenoxy) is 1. The lowest BCUT2D eigenvalue weighted by Gasteiger charge is -2.22. The molecule has 0 aromatic carbocycles. The van der Waals surface area contributed by atoms with Crippen LogP contribution < -0.4 is 11.1 Å². The summed E-state index contributed by atoms with van der Waals surface area (Å²) in [5.41, 5.74) is 5.75. The number of hydrogen-bond donors (Lipinski definition) is 2. The summed E-state index contributed by atoms with van der Waals surface area (Å²) in [4.78, 5) is 8.27. The van der Waals surface area contributed by atoms with Crippen LogP contribution in [0, 0.1) is 5.92 Å². The van der Waals surface area contributed by atoms with Crippen LogP contribution in [0.1, 0.15) is 12.8 Å². The minimum absolute atomic E-state index is 0.432. The van der Waals surface area contributed by atoms with E-state index < -0.39 is 0 Å². The highest BCUT2D eigenvalue weighted by Gasteiger charge is 2.14. The minimum Gasteiger partial charge on any atom is -0.381 e. The Morgan fingerprint density at radius 1 is 1.50 bits per heavy atom. The predicted molar refractivity (Wildman–Crippen MR) is 66.2 cm³/mol. The van der Waals surface area contributed by atoms with Gasteiger partial charge in [-0.3, -0.25) is 0 Å². The molecule has 1 fully saturated rings. The average molecular weight is 287 g/mol. The molecule has 3 N–H and O–H groups in total. The van der Waals surface area contributed by atoms with E-state index in [0.29, 0.717) is 22.2 Å². The quantitative estimate of drug-likeness (QED) is 0.884. The summed E-state index contributed by atoms with van der Waals surface area (Å²) in [7, 11) is 0. The highest BCUT2D eigenvalue weighted by atomic mass is 79.9. The van der Waals surface area contributed by atoms with Crippen LogP contribution in [0.2, 0.25) is 0 Å². The van der Waals surface area contributed by atoms with Crippen molar-refractivity contribution in [3.8, 4) is 0 Å². The summed E-state index contributed by atoms with van der Waals surface area (Å²) in [6.07, 6.45) is 3.83. The molecule has 1 aliphatic rings. The third kappa shape index (κ3) is 3.05. The van der Waals surface area contributed by atoms with Crippen LogP contribution in [0.3, 0.4) is 0 Å². The van der Waals surface area contributed by atoms with E-state index in [-0.39, 0.29) is 0 Å². The van der Waals surface area contributed by atoms with Crippen LogP contribution in [-0.4, -0.2) is 29.7 Å². The lowest BCUT2D eigenvalue weighted by Crippen LogP contribution is -2.23. The summed E-state index contributed by atoms with van der Waals surface area (Å²) in [5, 5.41) is 3.23. The Bertz CT molecular complexity index is 355. The van der Waals surface area contributed by atoms with Gasteiger partial charge in [0, 0.05) is 19.8 Å². The molecule has 0 radical (unpaired) electrons. The van der Waals surface area contributed by atoms with Gasteiger partial charge in [0.1, 0.15) is 4.60 Å². The molecule has 0 saturated carbocycles. The monoisotopic (exact) mass is 286 g/mol. The van der Waals surface area contributed by atoms with Gasteiger partial charge in [-0.15, -0.1) is 0 Å². The highest BCUT2D eigenvalue weighted by molar-refractivity contribution is 9.10. The summed E-state index contributed by atoms with van der Waals surface area (Å²) < 4.78 is 5.96. The number of halogens is 1. The normalized spacial score (nSPS) is 17.3. The Balaban J connectivity index is 1.88. The minimum atomic E-state index is 0.432. The maximum atomic E-state index is 5.75. The van der Waals surface area contributed by atoms with Crippen LogP contribution in [0.5, 0.6) is 0 Å². The molecule has 0 spiro atoms. The van der Waals surface area contributed by atoms with Crippen molar-refractivity contribution in [2.75, 3.05) is 30.8 Å². The number of hydrogen-bond acceptors (Lipinski definition) is 5. The molecule has 2 rings (SSSR count). The van der Waals surface area contributed by atoms with Crippen LogP contribution in [-0.2, 0) is 4.74 Å². The molecule has 0 aliphatic carbocycles. The second kappa shape index (κ2) is 5.45. The topological polar surface area (TPSA) is 73.1 Å². The Hall–Kier alpha value is -0.880. The second-order valence-electron chi connectivity index (χ2n) is 3.86. The largest absolute Gasteiger partial charge is 0.381 e. The van der Waals surface area contributed by atoms with Crippen molar-refractivity contribution in [2.24, 2.45) is 5.92 Å². The fourth-order valence-electron chi connectivity index (χ4n) is 1.71. The van der Waals surface area contributed by atoms with Gasteiger partial charge < -0.3 is 15.8 Å². The lowest BCUT2D eigenvalue weighted by atomic mass is 10.0. The van der Waals surface area contributed by atoms with Crippen molar-refractivity contribution >= 4 is 27.6 Å². The van der Waals surface area contributed by atoms with Crippen LogP contribution in [0.15, 0.2) is 10.8 Å². The zero-order chi connectivity index (χ0) is 11.4.